The van der Waals surface area contributed by atoms with Crippen molar-refractivity contribution >= 4 is 44.1 Å². The summed E-state index contributed by atoms with van der Waals surface area (Å²) in [5.41, 5.74) is 7.58. The van der Waals surface area contributed by atoms with Crippen LogP contribution in [0.1, 0.15) is 0 Å². The molecule has 0 atom stereocenters. The second-order valence-corrected chi connectivity index (χ2v) is 22.2. The van der Waals surface area contributed by atoms with Gasteiger partial charge in [0.1, 0.15) is 0 Å². The van der Waals surface area contributed by atoms with Crippen molar-refractivity contribution in [3.8, 4) is 0 Å². The van der Waals surface area contributed by atoms with Crippen LogP contribution in [-0.2, 0) is 12.3 Å². The van der Waals surface area contributed by atoms with Crippen LogP contribution in [0.15, 0.2) is 110 Å². The van der Waals surface area contributed by atoms with Crippen LogP contribution < -0.4 is 10.4 Å². The van der Waals surface area contributed by atoms with E-state index in [0.717, 1.165) is 10.4 Å². The Morgan fingerprint density at radius 1 is 0.548 bits per heavy atom. The second kappa shape index (κ2) is 10.2. The summed E-state index contributed by atoms with van der Waals surface area (Å²) < 4.78 is 20.8. The van der Waals surface area contributed by atoms with Gasteiger partial charge in [-0.05, 0) is 36.6 Å². The van der Waals surface area contributed by atoms with Crippen LogP contribution in [-0.4, -0.2) is 33.8 Å². The Bertz CT molecular complexity index is 857. The van der Waals surface area contributed by atoms with E-state index < -0.39 is 33.8 Å². The molecule has 0 unspecified atom stereocenters. The van der Waals surface area contributed by atoms with Crippen LogP contribution in [0.2, 0.25) is 26.2 Å². The van der Waals surface area contributed by atoms with Gasteiger partial charge in [-0.15, -0.1) is 26.3 Å². The van der Waals surface area contributed by atoms with Crippen LogP contribution in [0.4, 0.5) is 0 Å². The van der Waals surface area contributed by atoms with Crippen molar-refractivity contribution < 1.29 is 12.3 Å². The highest BCUT2D eigenvalue weighted by Crippen LogP contribution is 2.26. The number of benzene rings is 2. The second-order valence-electron chi connectivity index (χ2n) is 8.24. The minimum absolute atomic E-state index is 1.04. The molecule has 0 radical (unpaired) electrons. The summed E-state index contributed by atoms with van der Waals surface area (Å²) >= 11 is 0. The number of hydrogen-bond acceptors (Lipinski definition) is 3. The standard InChI is InChI=1S/C24H34O3Si4/c1-9-29(7,10-2)25-28(5,6)26-31(23-19-15-13-16-20-23,24-21-17-14-18-22-24)27-30(8,11-3)12-4/h9-22H,1-4H2,5-8H3. The first-order valence-electron chi connectivity index (χ1n) is 10.3. The maximum Gasteiger partial charge on any atom is 0.388 e. The normalized spacial score (nSPS) is 12.8. The molecule has 0 spiro atoms. The highest BCUT2D eigenvalue weighted by atomic mass is 28.5. The van der Waals surface area contributed by atoms with E-state index in [4.69, 9.17) is 12.3 Å². The predicted octanol–water partition coefficient (Wildman–Crippen LogP) is 5.05. The zero-order valence-electron chi connectivity index (χ0n) is 19.1. The quantitative estimate of drug-likeness (QED) is 0.396. The summed E-state index contributed by atoms with van der Waals surface area (Å²) in [6, 6.07) is 20.4. The molecule has 0 heterocycles. The van der Waals surface area contributed by atoms with Crippen LogP contribution in [0, 0.1) is 0 Å². The van der Waals surface area contributed by atoms with Gasteiger partial charge in [-0.1, -0.05) is 83.5 Å². The lowest BCUT2D eigenvalue weighted by Gasteiger charge is -2.43. The fraction of sp³-hybridized carbons (Fsp3) is 0.167. The van der Waals surface area contributed by atoms with Gasteiger partial charge in [0.05, 0.1) is 0 Å². The number of rotatable bonds is 12. The predicted molar refractivity (Wildman–Crippen MR) is 143 cm³/mol. The third-order valence-corrected chi connectivity index (χ3v) is 20.3. The van der Waals surface area contributed by atoms with E-state index in [1.165, 1.54) is 0 Å². The Balaban J connectivity index is 2.73. The van der Waals surface area contributed by atoms with Crippen molar-refractivity contribution in [3.63, 3.8) is 0 Å². The molecule has 0 aliphatic rings. The maximum absolute atomic E-state index is 7.11. The molecule has 164 valence electrons. The van der Waals surface area contributed by atoms with Crippen LogP contribution in [0.3, 0.4) is 0 Å². The summed E-state index contributed by atoms with van der Waals surface area (Å²) in [6.07, 6.45) is 0. The molecule has 2 rings (SSSR count). The number of hydrogen-bond donors (Lipinski definition) is 0. The van der Waals surface area contributed by atoms with Gasteiger partial charge in [-0.2, -0.15) is 0 Å². The molecule has 0 aliphatic carbocycles. The zero-order valence-corrected chi connectivity index (χ0v) is 23.1. The van der Waals surface area contributed by atoms with Crippen molar-refractivity contribution in [2.24, 2.45) is 0 Å². The summed E-state index contributed by atoms with van der Waals surface area (Å²) in [7, 11) is -10.7. The summed E-state index contributed by atoms with van der Waals surface area (Å²) in [6.45, 7) is 24.4. The summed E-state index contributed by atoms with van der Waals surface area (Å²) in [4.78, 5) is 0. The molecule has 7 heteroatoms. The largest absolute Gasteiger partial charge is 0.430 e. The van der Waals surface area contributed by atoms with E-state index in [9.17, 15) is 0 Å². The smallest absolute Gasteiger partial charge is 0.388 e. The molecule has 0 saturated carbocycles. The summed E-state index contributed by atoms with van der Waals surface area (Å²) in [5, 5.41) is 2.07. The topological polar surface area (TPSA) is 27.7 Å². The van der Waals surface area contributed by atoms with E-state index in [2.05, 4.69) is 76.8 Å². The molecule has 0 aromatic heterocycles. The van der Waals surface area contributed by atoms with Crippen molar-refractivity contribution in [1.29, 1.82) is 0 Å². The first-order valence-corrected chi connectivity index (χ1v) is 20.1. The first-order chi connectivity index (χ1) is 14.6. The fourth-order valence-electron chi connectivity index (χ4n) is 3.28. The molecule has 3 nitrogen and oxygen atoms in total. The van der Waals surface area contributed by atoms with Gasteiger partial charge >= 0.3 is 17.1 Å². The van der Waals surface area contributed by atoms with Gasteiger partial charge < -0.3 is 12.3 Å². The van der Waals surface area contributed by atoms with Crippen molar-refractivity contribution in [2.75, 3.05) is 0 Å². The van der Waals surface area contributed by atoms with E-state index in [-0.39, 0.29) is 0 Å². The molecule has 31 heavy (non-hydrogen) atoms. The Labute approximate surface area is 192 Å². The Morgan fingerprint density at radius 3 is 1.26 bits per heavy atom. The van der Waals surface area contributed by atoms with Crippen LogP contribution in [0.5, 0.6) is 0 Å². The molecule has 0 aliphatic heterocycles. The SMILES string of the molecule is C=C[Si](C)(C=C)O[Si](C)(C)O[Si](O[Si](C)(C=C)C=C)(c1ccccc1)c1ccccc1. The maximum atomic E-state index is 7.11. The lowest BCUT2D eigenvalue weighted by Crippen LogP contribution is -2.71. The molecule has 0 fully saturated rings. The highest BCUT2D eigenvalue weighted by molar-refractivity contribution is 7.04. The summed E-state index contributed by atoms with van der Waals surface area (Å²) in [5.74, 6) is 0. The van der Waals surface area contributed by atoms with Gasteiger partial charge in [0.15, 0.2) is 0 Å². The van der Waals surface area contributed by atoms with Gasteiger partial charge in [-0.3, -0.25) is 0 Å². The van der Waals surface area contributed by atoms with Crippen LogP contribution >= 0.6 is 0 Å². The van der Waals surface area contributed by atoms with Gasteiger partial charge in [0.2, 0.25) is 16.6 Å². The third-order valence-electron chi connectivity index (χ3n) is 5.15. The molecule has 0 saturated heterocycles. The van der Waals surface area contributed by atoms with E-state index in [0.29, 0.717) is 0 Å². The minimum atomic E-state index is -3.18. The minimum Gasteiger partial charge on any atom is -0.430 e. The van der Waals surface area contributed by atoms with Gasteiger partial charge in [0, 0.05) is 0 Å². The molecule has 0 N–H and O–H groups in total. The van der Waals surface area contributed by atoms with Gasteiger partial charge in [-0.25, -0.2) is 0 Å². The molecular formula is C24H34O3Si4. The molecule has 0 amide bonds. The zero-order chi connectivity index (χ0) is 23.2. The Hall–Kier alpha value is -1.85. The monoisotopic (exact) mass is 482 g/mol. The molecular weight excluding hydrogens is 449 g/mol. The Kier molecular flexibility index (Phi) is 8.34. The van der Waals surface area contributed by atoms with E-state index >= 15 is 0 Å². The molecule has 0 bridgehead atoms. The fourth-order valence-corrected chi connectivity index (χ4v) is 19.0. The lowest BCUT2D eigenvalue weighted by molar-refractivity contribution is 0.347. The van der Waals surface area contributed by atoms with Gasteiger partial charge in [0.25, 0.3) is 0 Å². The van der Waals surface area contributed by atoms with Crippen molar-refractivity contribution in [1.82, 2.24) is 0 Å². The van der Waals surface area contributed by atoms with E-state index in [1.807, 2.05) is 59.2 Å². The molecule has 2 aromatic rings. The van der Waals surface area contributed by atoms with E-state index in [1.54, 1.807) is 0 Å². The van der Waals surface area contributed by atoms with Crippen molar-refractivity contribution in [2.45, 2.75) is 26.2 Å². The average molecular weight is 483 g/mol. The van der Waals surface area contributed by atoms with Crippen molar-refractivity contribution in [3.05, 3.63) is 110 Å². The average Bonchev–Trinajstić information content (AvgIpc) is 2.79. The first kappa shape index (κ1) is 25.4. The lowest BCUT2D eigenvalue weighted by atomic mass is 10.4. The highest BCUT2D eigenvalue weighted by Gasteiger charge is 2.52. The molecule has 2 aromatic carbocycles. The third kappa shape index (κ3) is 6.10. The Morgan fingerprint density at radius 2 is 0.903 bits per heavy atom. The van der Waals surface area contributed by atoms with Crippen LogP contribution in [0.25, 0.3) is 0 Å².